The van der Waals surface area contributed by atoms with E-state index in [4.69, 9.17) is 5.73 Å². The van der Waals surface area contributed by atoms with Gasteiger partial charge < -0.3 is 11.1 Å². The fraction of sp³-hybridized carbons (Fsp3) is 0.188. The summed E-state index contributed by atoms with van der Waals surface area (Å²) in [6.45, 7) is 5.09. The molecule has 3 nitrogen and oxygen atoms in total. The summed E-state index contributed by atoms with van der Waals surface area (Å²) in [6, 6.07) is 10.3. The van der Waals surface area contributed by atoms with Crippen LogP contribution in [0.5, 0.6) is 0 Å². The van der Waals surface area contributed by atoms with Crippen molar-refractivity contribution in [1.82, 2.24) is 4.98 Å². The summed E-state index contributed by atoms with van der Waals surface area (Å²) in [5.41, 5.74) is 10.0. The van der Waals surface area contributed by atoms with Gasteiger partial charge in [0.2, 0.25) is 0 Å². The van der Waals surface area contributed by atoms with Crippen LogP contribution in [-0.4, -0.2) is 4.98 Å². The molecule has 0 aliphatic rings. The summed E-state index contributed by atoms with van der Waals surface area (Å²) in [5, 5.41) is 4.53. The highest BCUT2D eigenvalue weighted by Gasteiger charge is 2.07. The van der Waals surface area contributed by atoms with Gasteiger partial charge in [0, 0.05) is 21.7 Å². The minimum absolute atomic E-state index is 0.689. The lowest BCUT2D eigenvalue weighted by atomic mass is 10.1. The smallest absolute Gasteiger partial charge is 0.0743 e. The number of hydrogen-bond donors (Lipinski definition) is 2. The number of hydrogen-bond acceptors (Lipinski definition) is 4. The highest BCUT2D eigenvalue weighted by atomic mass is 32.1. The molecule has 102 valence electrons. The molecule has 0 unspecified atom stereocenters. The van der Waals surface area contributed by atoms with Crippen molar-refractivity contribution in [1.29, 1.82) is 0 Å². The minimum atomic E-state index is 0.689. The number of fused-ring (bicyclic) bond motifs is 1. The van der Waals surface area contributed by atoms with Gasteiger partial charge in [-0.15, -0.1) is 11.3 Å². The number of nitrogens with one attached hydrogen (secondary N) is 1. The Labute approximate surface area is 122 Å². The van der Waals surface area contributed by atoms with E-state index in [9.17, 15) is 0 Å². The number of aryl methyl sites for hydroxylation is 2. The Kier molecular flexibility index (Phi) is 3.32. The van der Waals surface area contributed by atoms with Gasteiger partial charge in [-0.2, -0.15) is 0 Å². The Hall–Kier alpha value is -2.07. The molecule has 0 amide bonds. The van der Waals surface area contributed by atoms with Crippen molar-refractivity contribution in [3.05, 3.63) is 51.8 Å². The predicted octanol–water partition coefficient (Wildman–Crippen LogP) is 4.11. The molecule has 0 bridgehead atoms. The SMILES string of the molecule is Cc1cc(CNc2c(N)cnc3ccccc23)sc1C. The van der Waals surface area contributed by atoms with Gasteiger partial charge >= 0.3 is 0 Å². The number of benzene rings is 1. The number of rotatable bonds is 3. The number of nitrogens with zero attached hydrogens (tertiary/aromatic N) is 1. The number of pyridine rings is 1. The Balaban J connectivity index is 1.92. The molecule has 0 aliphatic heterocycles. The summed E-state index contributed by atoms with van der Waals surface area (Å²) in [4.78, 5) is 7.04. The van der Waals surface area contributed by atoms with Crippen LogP contribution in [0.4, 0.5) is 11.4 Å². The van der Waals surface area contributed by atoms with E-state index in [-0.39, 0.29) is 0 Å². The molecular weight excluding hydrogens is 266 g/mol. The molecule has 2 aromatic heterocycles. The van der Waals surface area contributed by atoms with E-state index >= 15 is 0 Å². The second-order valence-electron chi connectivity index (χ2n) is 4.91. The zero-order valence-corrected chi connectivity index (χ0v) is 12.4. The van der Waals surface area contributed by atoms with Gasteiger partial charge in [-0.1, -0.05) is 18.2 Å². The van der Waals surface area contributed by atoms with Crippen LogP contribution in [0.3, 0.4) is 0 Å². The fourth-order valence-electron chi connectivity index (χ4n) is 2.27. The van der Waals surface area contributed by atoms with Crippen LogP contribution in [0.15, 0.2) is 36.5 Å². The molecule has 3 rings (SSSR count). The molecule has 0 fully saturated rings. The number of nitrogens with two attached hydrogens (primary N) is 1. The third kappa shape index (κ3) is 2.34. The van der Waals surface area contributed by atoms with Crippen LogP contribution in [-0.2, 0) is 6.54 Å². The Morgan fingerprint density at radius 1 is 1.25 bits per heavy atom. The normalized spacial score (nSPS) is 10.9. The van der Waals surface area contributed by atoms with E-state index in [0.29, 0.717) is 5.69 Å². The number of nitrogen functional groups attached to an aromatic ring is 1. The standard InChI is InChI=1S/C16H17N3S/c1-10-7-12(20-11(10)2)8-19-16-13-5-3-4-6-15(13)18-9-14(16)17/h3-7,9H,8,17H2,1-2H3,(H,18,19). The predicted molar refractivity (Wildman–Crippen MR) is 87.3 cm³/mol. The van der Waals surface area contributed by atoms with Gasteiger partial charge in [-0.05, 0) is 31.5 Å². The van der Waals surface area contributed by atoms with Gasteiger partial charge in [0.05, 0.1) is 23.1 Å². The summed E-state index contributed by atoms with van der Waals surface area (Å²) < 4.78 is 0. The zero-order chi connectivity index (χ0) is 14.1. The summed E-state index contributed by atoms with van der Waals surface area (Å²) >= 11 is 1.83. The van der Waals surface area contributed by atoms with Gasteiger partial charge in [0.25, 0.3) is 0 Å². The van der Waals surface area contributed by atoms with E-state index in [1.54, 1.807) is 6.20 Å². The van der Waals surface area contributed by atoms with Crippen molar-refractivity contribution >= 4 is 33.6 Å². The second-order valence-corrected chi connectivity index (χ2v) is 6.25. The molecule has 3 N–H and O–H groups in total. The molecule has 0 radical (unpaired) electrons. The quantitative estimate of drug-likeness (QED) is 0.760. The fourth-order valence-corrected chi connectivity index (χ4v) is 3.26. The van der Waals surface area contributed by atoms with Crippen LogP contribution in [0.1, 0.15) is 15.3 Å². The first-order chi connectivity index (χ1) is 9.65. The van der Waals surface area contributed by atoms with Crippen molar-refractivity contribution < 1.29 is 0 Å². The lowest BCUT2D eigenvalue weighted by molar-refractivity contribution is 1.19. The molecule has 3 aromatic rings. The van der Waals surface area contributed by atoms with Crippen LogP contribution in [0.25, 0.3) is 10.9 Å². The third-order valence-corrected chi connectivity index (χ3v) is 4.61. The maximum absolute atomic E-state index is 6.06. The summed E-state index contributed by atoms with van der Waals surface area (Å²) in [5.74, 6) is 0. The molecule has 20 heavy (non-hydrogen) atoms. The molecule has 0 saturated carbocycles. The van der Waals surface area contributed by atoms with Crippen LogP contribution in [0.2, 0.25) is 0 Å². The molecule has 0 spiro atoms. The average molecular weight is 283 g/mol. The van der Waals surface area contributed by atoms with Gasteiger partial charge in [0.1, 0.15) is 0 Å². The van der Waals surface area contributed by atoms with Crippen molar-refractivity contribution in [2.75, 3.05) is 11.1 Å². The van der Waals surface area contributed by atoms with E-state index < -0.39 is 0 Å². The molecule has 2 heterocycles. The first-order valence-corrected chi connectivity index (χ1v) is 7.40. The van der Waals surface area contributed by atoms with Crippen LogP contribution >= 0.6 is 11.3 Å². The first-order valence-electron chi connectivity index (χ1n) is 6.58. The summed E-state index contributed by atoms with van der Waals surface area (Å²) in [7, 11) is 0. The van der Waals surface area contributed by atoms with Gasteiger partial charge in [0.15, 0.2) is 0 Å². The van der Waals surface area contributed by atoms with E-state index in [0.717, 1.165) is 23.1 Å². The van der Waals surface area contributed by atoms with Crippen molar-refractivity contribution in [2.24, 2.45) is 0 Å². The average Bonchev–Trinajstić information content (AvgIpc) is 2.77. The molecule has 0 saturated heterocycles. The second kappa shape index (κ2) is 5.13. The van der Waals surface area contributed by atoms with Gasteiger partial charge in [-0.3, -0.25) is 4.98 Å². The third-order valence-electron chi connectivity index (χ3n) is 3.46. The van der Waals surface area contributed by atoms with Crippen molar-refractivity contribution in [3.8, 4) is 0 Å². The molecule has 1 aromatic carbocycles. The Morgan fingerprint density at radius 2 is 2.05 bits per heavy atom. The highest BCUT2D eigenvalue weighted by Crippen LogP contribution is 2.29. The summed E-state index contributed by atoms with van der Waals surface area (Å²) in [6.07, 6.45) is 1.72. The zero-order valence-electron chi connectivity index (χ0n) is 11.6. The monoisotopic (exact) mass is 283 g/mol. The Morgan fingerprint density at radius 3 is 2.80 bits per heavy atom. The number of aromatic nitrogens is 1. The largest absolute Gasteiger partial charge is 0.396 e. The molecule has 0 atom stereocenters. The van der Waals surface area contributed by atoms with Crippen molar-refractivity contribution in [3.63, 3.8) is 0 Å². The van der Waals surface area contributed by atoms with E-state index in [1.165, 1.54) is 15.3 Å². The van der Waals surface area contributed by atoms with Crippen molar-refractivity contribution in [2.45, 2.75) is 20.4 Å². The Bertz CT molecular complexity index is 742. The topological polar surface area (TPSA) is 50.9 Å². The lowest BCUT2D eigenvalue weighted by Crippen LogP contribution is -2.02. The minimum Gasteiger partial charge on any atom is -0.396 e. The van der Waals surface area contributed by atoms with Crippen LogP contribution in [0, 0.1) is 13.8 Å². The number of thiophene rings is 1. The molecule has 4 heteroatoms. The maximum atomic E-state index is 6.06. The molecule has 0 aliphatic carbocycles. The van der Waals surface area contributed by atoms with Crippen LogP contribution < -0.4 is 11.1 Å². The highest BCUT2D eigenvalue weighted by molar-refractivity contribution is 7.12. The number of anilines is 2. The maximum Gasteiger partial charge on any atom is 0.0743 e. The lowest BCUT2D eigenvalue weighted by Gasteiger charge is -2.11. The first kappa shape index (κ1) is 12.9. The van der Waals surface area contributed by atoms with E-state index in [1.807, 2.05) is 35.6 Å². The van der Waals surface area contributed by atoms with E-state index in [2.05, 4.69) is 30.2 Å². The molecular formula is C16H17N3S. The number of para-hydroxylation sites is 1. The van der Waals surface area contributed by atoms with Gasteiger partial charge in [-0.25, -0.2) is 0 Å².